The highest BCUT2D eigenvalue weighted by molar-refractivity contribution is 7.91. The van der Waals surface area contributed by atoms with Gasteiger partial charge in [-0.3, -0.25) is 4.90 Å². The molecule has 0 spiro atoms. The van der Waals surface area contributed by atoms with Crippen LogP contribution in [0.1, 0.15) is 17.9 Å². The van der Waals surface area contributed by atoms with E-state index in [1.807, 2.05) is 0 Å². The highest BCUT2D eigenvalue weighted by Gasteiger charge is 2.32. The van der Waals surface area contributed by atoms with Gasteiger partial charge in [0.15, 0.2) is 9.84 Å². The van der Waals surface area contributed by atoms with Crippen molar-refractivity contribution in [3.63, 3.8) is 0 Å². The first kappa shape index (κ1) is 17.9. The number of rotatable bonds is 4. The molecule has 0 N–H and O–H groups in total. The van der Waals surface area contributed by atoms with Crippen LogP contribution in [0.15, 0.2) is 28.8 Å². The first-order chi connectivity index (χ1) is 11.6. The van der Waals surface area contributed by atoms with Gasteiger partial charge in [-0.25, -0.2) is 8.42 Å². The average Bonchev–Trinajstić information content (AvgIpc) is 3.13. The van der Waals surface area contributed by atoms with E-state index in [1.54, 1.807) is 11.9 Å². The quantitative estimate of drug-likeness (QED) is 0.817. The van der Waals surface area contributed by atoms with E-state index in [0.717, 1.165) is 12.1 Å². The fourth-order valence-corrected chi connectivity index (χ4v) is 4.54. The number of hydrogen-bond donors (Lipinski definition) is 0. The van der Waals surface area contributed by atoms with E-state index >= 15 is 0 Å². The van der Waals surface area contributed by atoms with Crippen molar-refractivity contribution in [2.75, 3.05) is 18.6 Å². The van der Waals surface area contributed by atoms with Crippen LogP contribution >= 0.6 is 0 Å². The van der Waals surface area contributed by atoms with Crippen molar-refractivity contribution < 1.29 is 26.1 Å². The first-order valence-electron chi connectivity index (χ1n) is 7.55. The fraction of sp³-hybridized carbons (Fsp3) is 0.467. The molecule has 1 fully saturated rings. The number of alkyl halides is 3. The summed E-state index contributed by atoms with van der Waals surface area (Å²) in [6.07, 6.45) is -3.91. The average molecular weight is 375 g/mol. The number of halogens is 3. The van der Waals surface area contributed by atoms with Crippen molar-refractivity contribution in [1.29, 1.82) is 0 Å². The maximum atomic E-state index is 12.8. The lowest BCUT2D eigenvalue weighted by molar-refractivity contribution is -0.137. The van der Waals surface area contributed by atoms with Gasteiger partial charge in [0.25, 0.3) is 0 Å². The van der Waals surface area contributed by atoms with Crippen LogP contribution in [-0.2, 0) is 22.6 Å². The van der Waals surface area contributed by atoms with Crippen molar-refractivity contribution >= 4 is 9.84 Å². The molecule has 2 heterocycles. The zero-order valence-electron chi connectivity index (χ0n) is 13.3. The third kappa shape index (κ3) is 4.18. The van der Waals surface area contributed by atoms with Crippen LogP contribution in [0.2, 0.25) is 0 Å². The Bertz CT molecular complexity index is 864. The van der Waals surface area contributed by atoms with Gasteiger partial charge in [-0.1, -0.05) is 17.3 Å². The maximum absolute atomic E-state index is 12.8. The van der Waals surface area contributed by atoms with Gasteiger partial charge < -0.3 is 4.52 Å². The smallest absolute Gasteiger partial charge is 0.338 e. The molecule has 3 rings (SSSR count). The van der Waals surface area contributed by atoms with Crippen LogP contribution in [0, 0.1) is 0 Å². The zero-order chi connectivity index (χ0) is 18.2. The van der Waals surface area contributed by atoms with Crippen molar-refractivity contribution in [3.05, 3.63) is 35.7 Å². The summed E-state index contributed by atoms with van der Waals surface area (Å²) in [5, 5.41) is 3.72. The molecule has 6 nitrogen and oxygen atoms in total. The first-order valence-corrected chi connectivity index (χ1v) is 9.37. The molecule has 0 amide bonds. The van der Waals surface area contributed by atoms with Crippen molar-refractivity contribution in [3.8, 4) is 11.4 Å². The topological polar surface area (TPSA) is 76.3 Å². The summed E-state index contributed by atoms with van der Waals surface area (Å²) in [5.41, 5.74) is -0.583. The lowest BCUT2D eigenvalue weighted by atomic mass is 10.1. The van der Waals surface area contributed by atoms with Gasteiger partial charge in [-0.05, 0) is 25.6 Å². The van der Waals surface area contributed by atoms with Gasteiger partial charge in [0.1, 0.15) is 0 Å². The van der Waals surface area contributed by atoms with Gasteiger partial charge >= 0.3 is 6.18 Å². The zero-order valence-corrected chi connectivity index (χ0v) is 14.1. The molecule has 1 aliphatic rings. The predicted molar refractivity (Wildman–Crippen MR) is 83.3 cm³/mol. The van der Waals surface area contributed by atoms with E-state index in [2.05, 4.69) is 10.1 Å². The summed E-state index contributed by atoms with van der Waals surface area (Å²) in [4.78, 5) is 5.91. The van der Waals surface area contributed by atoms with Crippen LogP contribution in [0.4, 0.5) is 13.2 Å². The number of hydrogen-bond acceptors (Lipinski definition) is 6. The summed E-state index contributed by atoms with van der Waals surface area (Å²) in [7, 11) is -1.25. The van der Waals surface area contributed by atoms with Crippen LogP contribution < -0.4 is 0 Å². The van der Waals surface area contributed by atoms with Gasteiger partial charge in [0.2, 0.25) is 11.7 Å². The molecule has 0 saturated carbocycles. The molecule has 1 aliphatic heterocycles. The van der Waals surface area contributed by atoms with Crippen LogP contribution in [0.25, 0.3) is 11.4 Å². The minimum atomic E-state index is -4.45. The largest absolute Gasteiger partial charge is 0.416 e. The van der Waals surface area contributed by atoms with E-state index in [-0.39, 0.29) is 41.4 Å². The summed E-state index contributed by atoms with van der Waals surface area (Å²) in [6.45, 7) is 0.228. The van der Waals surface area contributed by atoms with E-state index in [0.29, 0.717) is 6.42 Å². The minimum Gasteiger partial charge on any atom is -0.338 e. The third-order valence-electron chi connectivity index (χ3n) is 4.13. The molecule has 25 heavy (non-hydrogen) atoms. The molecule has 136 valence electrons. The molecule has 0 aliphatic carbocycles. The maximum Gasteiger partial charge on any atom is 0.416 e. The van der Waals surface area contributed by atoms with E-state index in [1.165, 1.54) is 12.1 Å². The van der Waals surface area contributed by atoms with Crippen LogP contribution in [0.3, 0.4) is 0 Å². The fourth-order valence-electron chi connectivity index (χ4n) is 2.74. The monoisotopic (exact) mass is 375 g/mol. The second-order valence-electron chi connectivity index (χ2n) is 6.06. The highest BCUT2D eigenvalue weighted by atomic mass is 32.2. The Kier molecular flexibility index (Phi) is 4.58. The Hall–Kier alpha value is -1.94. The normalized spacial score (nSPS) is 20.3. The molecular formula is C15H16F3N3O3S. The van der Waals surface area contributed by atoms with E-state index in [4.69, 9.17) is 4.52 Å². The van der Waals surface area contributed by atoms with Gasteiger partial charge in [0.05, 0.1) is 23.6 Å². The molecule has 1 unspecified atom stereocenters. The number of sulfone groups is 1. The Balaban J connectivity index is 1.73. The molecule has 0 radical (unpaired) electrons. The Morgan fingerprint density at radius 1 is 1.36 bits per heavy atom. The number of aromatic nitrogens is 2. The standard InChI is InChI=1S/C15H16F3N3O3S/c1-21(12-5-6-25(22,23)9-12)8-13-19-14(20-24-13)10-3-2-4-11(7-10)15(16,17)18/h2-4,7,12H,5-6,8-9H2,1H3. The third-order valence-corrected chi connectivity index (χ3v) is 5.88. The number of nitrogens with zero attached hydrogens (tertiary/aromatic N) is 3. The Morgan fingerprint density at radius 3 is 2.76 bits per heavy atom. The van der Waals surface area contributed by atoms with Gasteiger partial charge in [0, 0.05) is 11.6 Å². The summed E-state index contributed by atoms with van der Waals surface area (Å²) in [5.74, 6) is 0.521. The van der Waals surface area contributed by atoms with Crippen LogP contribution in [0.5, 0.6) is 0 Å². The molecule has 1 aromatic heterocycles. The van der Waals surface area contributed by atoms with Crippen molar-refractivity contribution in [2.24, 2.45) is 0 Å². The molecule has 2 aromatic rings. The molecule has 0 bridgehead atoms. The van der Waals surface area contributed by atoms with Crippen LogP contribution in [-0.4, -0.2) is 48.1 Å². The second-order valence-corrected chi connectivity index (χ2v) is 8.29. The van der Waals surface area contributed by atoms with E-state index < -0.39 is 21.6 Å². The second kappa shape index (κ2) is 6.41. The predicted octanol–water partition coefficient (Wildman–Crippen LogP) is 2.37. The van der Waals surface area contributed by atoms with Gasteiger partial charge in [-0.2, -0.15) is 18.2 Å². The van der Waals surface area contributed by atoms with Crippen molar-refractivity contribution in [1.82, 2.24) is 15.0 Å². The molecule has 1 aromatic carbocycles. The molecule has 10 heteroatoms. The minimum absolute atomic E-state index is 0.0635. The molecule has 1 atom stereocenters. The lowest BCUT2D eigenvalue weighted by Crippen LogP contribution is -2.32. The number of benzene rings is 1. The Morgan fingerprint density at radius 2 is 2.12 bits per heavy atom. The highest BCUT2D eigenvalue weighted by Crippen LogP contribution is 2.31. The summed E-state index contributed by atoms with van der Waals surface area (Å²) < 4.78 is 66.5. The molecular weight excluding hydrogens is 359 g/mol. The van der Waals surface area contributed by atoms with E-state index in [9.17, 15) is 21.6 Å². The van der Waals surface area contributed by atoms with Gasteiger partial charge in [-0.15, -0.1) is 0 Å². The molecule has 1 saturated heterocycles. The van der Waals surface area contributed by atoms with Crippen molar-refractivity contribution in [2.45, 2.75) is 25.2 Å². The Labute approximate surface area is 142 Å². The summed E-state index contributed by atoms with van der Waals surface area (Å²) in [6, 6.07) is 4.55. The SMILES string of the molecule is CN(Cc1nc(-c2cccc(C(F)(F)F)c2)no1)C1CCS(=O)(=O)C1. The summed E-state index contributed by atoms with van der Waals surface area (Å²) >= 11 is 0. The lowest BCUT2D eigenvalue weighted by Gasteiger charge is -2.20.